The fourth-order valence-corrected chi connectivity index (χ4v) is 5.86. The summed E-state index contributed by atoms with van der Waals surface area (Å²) in [6, 6.07) is 17.8. The predicted octanol–water partition coefficient (Wildman–Crippen LogP) is 5.67. The zero-order chi connectivity index (χ0) is 22.0. The minimum atomic E-state index is -0.0600. The second-order valence-electron chi connectivity index (χ2n) is 8.67. The molecule has 2 N–H and O–H groups in total. The minimum Gasteiger partial charge on any atom is -0.325 e. The van der Waals surface area contributed by atoms with Crippen molar-refractivity contribution in [2.75, 3.05) is 18.4 Å². The molecule has 0 saturated carbocycles. The third-order valence-electron chi connectivity index (χ3n) is 6.49. The Hall–Kier alpha value is -2.14. The summed E-state index contributed by atoms with van der Waals surface area (Å²) in [6.45, 7) is 8.92. The number of carbonyl (C=O) groups excluding carboxylic acids is 1. The van der Waals surface area contributed by atoms with Crippen molar-refractivity contribution in [3.8, 4) is 0 Å². The second kappa shape index (κ2) is 9.56. The summed E-state index contributed by atoms with van der Waals surface area (Å²) in [5, 5.41) is 4.95. The first kappa shape index (κ1) is 22.1. The number of piperidine rings is 1. The van der Waals surface area contributed by atoms with Crippen LogP contribution in [0, 0.1) is 19.8 Å². The largest absolute Gasteiger partial charge is 0.325 e. The molecule has 1 amide bonds. The first-order chi connectivity index (χ1) is 14.9. The summed E-state index contributed by atoms with van der Waals surface area (Å²) in [5.74, 6) is 0.710. The molecule has 0 radical (unpaired) electrons. The van der Waals surface area contributed by atoms with E-state index in [1.54, 1.807) is 16.2 Å². The molecule has 3 nitrogen and oxygen atoms in total. The molecule has 1 fully saturated rings. The molecule has 0 unspecified atom stereocenters. The summed E-state index contributed by atoms with van der Waals surface area (Å²) in [4.78, 5) is 15.8. The van der Waals surface area contributed by atoms with Gasteiger partial charge in [-0.15, -0.1) is 11.3 Å². The highest BCUT2D eigenvalue weighted by Gasteiger charge is 2.34. The van der Waals surface area contributed by atoms with Crippen LogP contribution in [0.2, 0.25) is 5.02 Å². The summed E-state index contributed by atoms with van der Waals surface area (Å²) in [7, 11) is 0. The molecule has 0 spiro atoms. The Morgan fingerprint density at radius 1 is 1.10 bits per heavy atom. The number of halogens is 1. The van der Waals surface area contributed by atoms with E-state index in [1.165, 1.54) is 34.4 Å². The van der Waals surface area contributed by atoms with Crippen molar-refractivity contribution < 1.29 is 9.69 Å². The third kappa shape index (κ3) is 4.87. The summed E-state index contributed by atoms with van der Waals surface area (Å²) >= 11 is 8.09. The van der Waals surface area contributed by atoms with Gasteiger partial charge < -0.3 is 10.2 Å². The number of hydrogen-bond acceptors (Lipinski definition) is 2. The number of amides is 1. The van der Waals surface area contributed by atoms with Crippen LogP contribution < -0.4 is 10.2 Å². The fourth-order valence-electron chi connectivity index (χ4n) is 4.56. The lowest BCUT2D eigenvalue weighted by Gasteiger charge is -2.35. The summed E-state index contributed by atoms with van der Waals surface area (Å²) in [5.41, 5.74) is 4.40. The van der Waals surface area contributed by atoms with Crippen LogP contribution in [0.4, 0.5) is 5.00 Å². The van der Waals surface area contributed by atoms with Crippen molar-refractivity contribution in [2.24, 2.45) is 5.92 Å². The third-order valence-corrected chi connectivity index (χ3v) is 7.86. The highest BCUT2D eigenvalue weighted by Crippen LogP contribution is 2.39. The molecular weight excluding hydrogens is 424 g/mol. The Kier molecular flexibility index (Phi) is 6.80. The Bertz CT molecular complexity index is 1050. The van der Waals surface area contributed by atoms with Crippen LogP contribution in [-0.4, -0.2) is 19.0 Å². The summed E-state index contributed by atoms with van der Waals surface area (Å²) in [6.07, 6.45) is 2.44. The van der Waals surface area contributed by atoms with Crippen LogP contribution in [0.25, 0.3) is 0 Å². The van der Waals surface area contributed by atoms with Gasteiger partial charge in [0.2, 0.25) is 0 Å². The van der Waals surface area contributed by atoms with Crippen molar-refractivity contribution in [3.63, 3.8) is 0 Å². The second-order valence-corrected chi connectivity index (χ2v) is 10.3. The van der Waals surface area contributed by atoms with Gasteiger partial charge in [-0.25, -0.2) is 0 Å². The van der Waals surface area contributed by atoms with Crippen molar-refractivity contribution in [3.05, 3.63) is 86.8 Å². The molecule has 2 heterocycles. The molecule has 1 aliphatic rings. The van der Waals surface area contributed by atoms with Crippen LogP contribution in [-0.2, 0) is 0 Å². The molecule has 1 aromatic heterocycles. The molecule has 5 heteroatoms. The topological polar surface area (TPSA) is 33.5 Å². The molecule has 1 saturated heterocycles. The average molecular weight is 454 g/mol. The number of carbonyl (C=O) groups is 1. The number of rotatable bonds is 5. The Balaban J connectivity index is 1.76. The normalized spacial score (nSPS) is 19.7. The van der Waals surface area contributed by atoms with E-state index in [2.05, 4.69) is 38.2 Å². The van der Waals surface area contributed by atoms with Crippen molar-refractivity contribution in [1.82, 2.24) is 0 Å². The minimum absolute atomic E-state index is 0.0600. The maximum Gasteiger partial charge on any atom is 0.256 e. The lowest BCUT2D eigenvalue weighted by molar-refractivity contribution is -0.931. The van der Waals surface area contributed by atoms with Gasteiger partial charge in [0.25, 0.3) is 5.91 Å². The van der Waals surface area contributed by atoms with Crippen molar-refractivity contribution in [2.45, 2.75) is 39.7 Å². The van der Waals surface area contributed by atoms with Gasteiger partial charge in [-0.1, -0.05) is 48.9 Å². The van der Waals surface area contributed by atoms with E-state index in [-0.39, 0.29) is 11.9 Å². The highest BCUT2D eigenvalue weighted by atomic mass is 35.5. The molecule has 1 atom stereocenters. The van der Waals surface area contributed by atoms with Gasteiger partial charge in [0.1, 0.15) is 11.0 Å². The fraction of sp³-hybridized carbons (Fsp3) is 0.346. The standard InChI is InChI=1S/C26H29ClN2OS/c1-17-12-14-29(15-13-17)24(21-10-7-11-22(27)16-21)23-18(2)19(3)31-26(23)28-25(30)20-8-5-4-6-9-20/h4-11,16-17,24H,12-15H2,1-3H3,(H,28,30)/p+1/t24-/m1/s1. The van der Waals surface area contributed by atoms with Gasteiger partial charge >= 0.3 is 0 Å². The smallest absolute Gasteiger partial charge is 0.256 e. The van der Waals surface area contributed by atoms with E-state index in [1.807, 2.05) is 42.5 Å². The van der Waals surface area contributed by atoms with Gasteiger partial charge in [0.15, 0.2) is 0 Å². The van der Waals surface area contributed by atoms with Crippen molar-refractivity contribution in [1.29, 1.82) is 0 Å². The van der Waals surface area contributed by atoms with Crippen LogP contribution >= 0.6 is 22.9 Å². The molecule has 2 aromatic carbocycles. The average Bonchev–Trinajstić information content (AvgIpc) is 3.04. The van der Waals surface area contributed by atoms with Crippen molar-refractivity contribution >= 4 is 33.8 Å². The van der Waals surface area contributed by atoms with Gasteiger partial charge in [0.05, 0.1) is 18.7 Å². The first-order valence-corrected chi connectivity index (χ1v) is 12.2. The lowest BCUT2D eigenvalue weighted by Crippen LogP contribution is -3.13. The van der Waals surface area contributed by atoms with Gasteiger partial charge in [-0.2, -0.15) is 0 Å². The molecule has 4 rings (SSSR count). The molecule has 3 aromatic rings. The molecule has 1 aliphatic heterocycles. The zero-order valence-corrected chi connectivity index (χ0v) is 19.9. The van der Waals surface area contributed by atoms with Crippen LogP contribution in [0.5, 0.6) is 0 Å². The van der Waals surface area contributed by atoms with Crippen LogP contribution in [0.1, 0.15) is 57.7 Å². The SMILES string of the molecule is Cc1sc(NC(=O)c2ccccc2)c([C@@H](c2cccc(Cl)c2)[NH+]2CCC(C)CC2)c1C. The molecule has 162 valence electrons. The number of thiophene rings is 1. The van der Waals surface area contributed by atoms with Crippen LogP contribution in [0.3, 0.4) is 0 Å². The first-order valence-electron chi connectivity index (χ1n) is 11.0. The molecule has 0 bridgehead atoms. The van der Waals surface area contributed by atoms with E-state index < -0.39 is 0 Å². The van der Waals surface area contributed by atoms with Gasteiger partial charge in [-0.05, 0) is 62.4 Å². The maximum atomic E-state index is 13.0. The Labute approximate surface area is 194 Å². The van der Waals surface area contributed by atoms with Crippen LogP contribution in [0.15, 0.2) is 54.6 Å². The van der Waals surface area contributed by atoms with Gasteiger partial charge in [0, 0.05) is 21.0 Å². The van der Waals surface area contributed by atoms with E-state index in [4.69, 9.17) is 11.6 Å². The van der Waals surface area contributed by atoms with E-state index in [0.29, 0.717) is 5.56 Å². The zero-order valence-electron chi connectivity index (χ0n) is 18.4. The quantitative estimate of drug-likeness (QED) is 0.512. The van der Waals surface area contributed by atoms with E-state index in [0.717, 1.165) is 29.0 Å². The van der Waals surface area contributed by atoms with Gasteiger partial charge in [-0.3, -0.25) is 4.79 Å². The maximum absolute atomic E-state index is 13.0. The monoisotopic (exact) mass is 453 g/mol. The number of nitrogens with one attached hydrogen (secondary N) is 2. The van der Waals surface area contributed by atoms with E-state index in [9.17, 15) is 4.79 Å². The predicted molar refractivity (Wildman–Crippen MR) is 131 cm³/mol. The number of benzene rings is 2. The molecule has 31 heavy (non-hydrogen) atoms. The number of likely N-dealkylation sites (tertiary alicyclic amines) is 1. The van der Waals surface area contributed by atoms with E-state index >= 15 is 0 Å². The Morgan fingerprint density at radius 3 is 2.48 bits per heavy atom. The lowest BCUT2D eigenvalue weighted by atomic mass is 9.91. The number of aryl methyl sites for hydroxylation is 1. The number of hydrogen-bond donors (Lipinski definition) is 2. The Morgan fingerprint density at radius 2 is 1.81 bits per heavy atom. The molecular formula is C26H30ClN2OS+. The highest BCUT2D eigenvalue weighted by molar-refractivity contribution is 7.16. The number of anilines is 1. The number of quaternary nitrogens is 1. The molecule has 0 aliphatic carbocycles. The summed E-state index contributed by atoms with van der Waals surface area (Å²) < 4.78 is 0.